The van der Waals surface area contributed by atoms with Crippen LogP contribution in [0.3, 0.4) is 0 Å². The van der Waals surface area contributed by atoms with Crippen LogP contribution in [-0.2, 0) is 16.2 Å². The zero-order chi connectivity index (χ0) is 18.4. The maximum Gasteiger partial charge on any atom is 0.226 e. The molecule has 3 rings (SSSR count). The van der Waals surface area contributed by atoms with Gasteiger partial charge < -0.3 is 15.4 Å². The molecule has 2 aromatic rings. The third-order valence-electron chi connectivity index (χ3n) is 4.23. The van der Waals surface area contributed by atoms with E-state index >= 15 is 0 Å². The van der Waals surface area contributed by atoms with E-state index in [0.29, 0.717) is 24.5 Å². The van der Waals surface area contributed by atoms with Gasteiger partial charge in [-0.2, -0.15) is 5.26 Å². The molecule has 2 amide bonds. The van der Waals surface area contributed by atoms with Crippen molar-refractivity contribution >= 4 is 11.8 Å². The van der Waals surface area contributed by atoms with E-state index in [2.05, 4.69) is 16.7 Å². The third-order valence-corrected chi connectivity index (χ3v) is 4.23. The van der Waals surface area contributed by atoms with Gasteiger partial charge in [0.25, 0.3) is 0 Å². The molecule has 2 aromatic carbocycles. The Hall–Kier alpha value is -3.33. The molecule has 2 atom stereocenters. The zero-order valence-electron chi connectivity index (χ0n) is 14.1. The van der Waals surface area contributed by atoms with Gasteiger partial charge in [-0.25, -0.2) is 0 Å². The minimum atomic E-state index is -0.763. The molecule has 1 aliphatic rings. The second-order valence-corrected chi connectivity index (χ2v) is 6.12. The smallest absolute Gasteiger partial charge is 0.226 e. The number of benzene rings is 2. The highest BCUT2D eigenvalue weighted by Crippen LogP contribution is 2.20. The summed E-state index contributed by atoms with van der Waals surface area (Å²) >= 11 is 0. The van der Waals surface area contributed by atoms with Gasteiger partial charge in [0, 0.05) is 13.0 Å². The highest BCUT2D eigenvalue weighted by molar-refractivity contribution is 5.89. The summed E-state index contributed by atoms with van der Waals surface area (Å²) < 4.78 is 5.72. The summed E-state index contributed by atoms with van der Waals surface area (Å²) in [5, 5.41) is 14.7. The number of nitriles is 1. The minimum absolute atomic E-state index is 0.140. The van der Waals surface area contributed by atoms with Crippen LogP contribution in [0.4, 0.5) is 0 Å². The van der Waals surface area contributed by atoms with Crippen LogP contribution in [0.15, 0.2) is 54.6 Å². The molecular formula is C20H19N3O3. The molecule has 132 valence electrons. The molecule has 6 heteroatoms. The van der Waals surface area contributed by atoms with Crippen LogP contribution in [0.25, 0.3) is 0 Å². The Labute approximate surface area is 151 Å². The number of ether oxygens (including phenoxy) is 1. The van der Waals surface area contributed by atoms with E-state index in [0.717, 1.165) is 5.56 Å². The number of rotatable bonds is 6. The molecule has 6 nitrogen and oxygen atoms in total. The molecule has 1 fully saturated rings. The van der Waals surface area contributed by atoms with Crippen molar-refractivity contribution in [2.45, 2.75) is 19.1 Å². The van der Waals surface area contributed by atoms with Gasteiger partial charge in [-0.05, 0) is 23.3 Å². The van der Waals surface area contributed by atoms with E-state index in [-0.39, 0.29) is 18.2 Å². The van der Waals surface area contributed by atoms with Crippen molar-refractivity contribution in [3.05, 3.63) is 65.7 Å². The van der Waals surface area contributed by atoms with Gasteiger partial charge in [0.1, 0.15) is 18.4 Å². The molecule has 1 heterocycles. The number of amides is 2. The van der Waals surface area contributed by atoms with Crippen LogP contribution in [0, 0.1) is 17.2 Å². The number of carbonyl (C=O) groups is 2. The second-order valence-electron chi connectivity index (χ2n) is 6.12. The molecule has 0 spiro atoms. The number of hydrogen-bond donors (Lipinski definition) is 2. The van der Waals surface area contributed by atoms with E-state index in [1.165, 1.54) is 0 Å². The van der Waals surface area contributed by atoms with E-state index in [1.54, 1.807) is 24.3 Å². The van der Waals surface area contributed by atoms with Crippen LogP contribution in [0.1, 0.15) is 23.6 Å². The first kappa shape index (κ1) is 17.5. The molecule has 0 aromatic heterocycles. The zero-order valence-corrected chi connectivity index (χ0v) is 14.1. The van der Waals surface area contributed by atoms with E-state index in [1.807, 2.05) is 30.3 Å². The average molecular weight is 349 g/mol. The Kier molecular flexibility index (Phi) is 5.49. The molecule has 1 saturated heterocycles. The Morgan fingerprint density at radius 1 is 1.23 bits per heavy atom. The summed E-state index contributed by atoms with van der Waals surface area (Å²) in [5.74, 6) is -0.170. The average Bonchev–Trinajstić information content (AvgIpc) is 3.12. The molecule has 0 saturated carbocycles. The fourth-order valence-corrected chi connectivity index (χ4v) is 2.74. The van der Waals surface area contributed by atoms with Crippen LogP contribution < -0.4 is 15.4 Å². The van der Waals surface area contributed by atoms with Crippen molar-refractivity contribution in [2.24, 2.45) is 5.92 Å². The molecular weight excluding hydrogens is 330 g/mol. The van der Waals surface area contributed by atoms with Crippen molar-refractivity contribution < 1.29 is 14.3 Å². The highest BCUT2D eigenvalue weighted by atomic mass is 16.5. The SMILES string of the molecule is N#CC(NC(=O)C1CNC(=O)C1)c1ccc(OCc2ccccc2)cc1. The van der Waals surface area contributed by atoms with Crippen LogP contribution in [0.5, 0.6) is 5.75 Å². The van der Waals surface area contributed by atoms with Gasteiger partial charge in [-0.15, -0.1) is 0 Å². The lowest BCUT2D eigenvalue weighted by Gasteiger charge is -2.15. The van der Waals surface area contributed by atoms with Gasteiger partial charge in [0.05, 0.1) is 12.0 Å². The first-order chi connectivity index (χ1) is 12.7. The molecule has 26 heavy (non-hydrogen) atoms. The minimum Gasteiger partial charge on any atom is -0.489 e. The molecule has 0 bridgehead atoms. The second kappa shape index (κ2) is 8.17. The van der Waals surface area contributed by atoms with Crippen molar-refractivity contribution in [2.75, 3.05) is 6.54 Å². The Morgan fingerprint density at radius 3 is 2.58 bits per heavy atom. The van der Waals surface area contributed by atoms with Gasteiger partial charge in [-0.3, -0.25) is 9.59 Å². The Morgan fingerprint density at radius 2 is 1.96 bits per heavy atom. The summed E-state index contributed by atoms with van der Waals surface area (Å²) in [6.45, 7) is 0.774. The first-order valence-electron chi connectivity index (χ1n) is 8.39. The fourth-order valence-electron chi connectivity index (χ4n) is 2.74. The summed E-state index contributed by atoms with van der Waals surface area (Å²) in [7, 11) is 0. The monoisotopic (exact) mass is 349 g/mol. The van der Waals surface area contributed by atoms with E-state index in [4.69, 9.17) is 4.74 Å². The van der Waals surface area contributed by atoms with Crippen molar-refractivity contribution in [1.82, 2.24) is 10.6 Å². The number of hydrogen-bond acceptors (Lipinski definition) is 4. The van der Waals surface area contributed by atoms with E-state index in [9.17, 15) is 14.9 Å². The van der Waals surface area contributed by atoms with Crippen molar-refractivity contribution in [1.29, 1.82) is 5.26 Å². The van der Waals surface area contributed by atoms with Gasteiger partial charge in [0.15, 0.2) is 0 Å². The summed E-state index contributed by atoms with van der Waals surface area (Å²) in [6, 6.07) is 18.2. The first-order valence-corrected chi connectivity index (χ1v) is 8.39. The Bertz CT molecular complexity index is 812. The topological polar surface area (TPSA) is 91.2 Å². The lowest BCUT2D eigenvalue weighted by Crippen LogP contribution is -2.34. The summed E-state index contributed by atoms with van der Waals surface area (Å²) in [4.78, 5) is 23.4. The normalized spacial score (nSPS) is 17.0. The van der Waals surface area contributed by atoms with Gasteiger partial charge in [0.2, 0.25) is 11.8 Å². The summed E-state index contributed by atoms with van der Waals surface area (Å²) in [5.41, 5.74) is 1.74. The highest BCUT2D eigenvalue weighted by Gasteiger charge is 2.29. The molecule has 2 unspecified atom stereocenters. The largest absolute Gasteiger partial charge is 0.489 e. The quantitative estimate of drug-likeness (QED) is 0.835. The van der Waals surface area contributed by atoms with Crippen molar-refractivity contribution in [3.63, 3.8) is 0 Å². The lowest BCUT2D eigenvalue weighted by atomic mass is 10.0. The van der Waals surface area contributed by atoms with Gasteiger partial charge >= 0.3 is 0 Å². The fraction of sp³-hybridized carbons (Fsp3) is 0.250. The van der Waals surface area contributed by atoms with Crippen LogP contribution in [0.2, 0.25) is 0 Å². The predicted molar refractivity (Wildman–Crippen MR) is 94.8 cm³/mol. The molecule has 0 aliphatic carbocycles. The number of nitrogens with one attached hydrogen (secondary N) is 2. The molecule has 1 aliphatic heterocycles. The predicted octanol–water partition coefficient (Wildman–Crippen LogP) is 2.08. The Balaban J connectivity index is 1.58. The number of carbonyl (C=O) groups excluding carboxylic acids is 2. The van der Waals surface area contributed by atoms with Crippen LogP contribution >= 0.6 is 0 Å². The molecule has 2 N–H and O–H groups in total. The maximum atomic E-state index is 12.2. The van der Waals surface area contributed by atoms with Crippen LogP contribution in [-0.4, -0.2) is 18.4 Å². The van der Waals surface area contributed by atoms with Crippen molar-refractivity contribution in [3.8, 4) is 11.8 Å². The summed E-state index contributed by atoms with van der Waals surface area (Å²) in [6.07, 6.45) is 0.163. The number of nitrogens with zero attached hydrogens (tertiary/aromatic N) is 1. The standard InChI is InChI=1S/C20H19N3O3/c21-11-18(23-20(25)16-10-19(24)22-12-16)15-6-8-17(9-7-15)26-13-14-4-2-1-3-5-14/h1-9,16,18H,10,12-13H2,(H,22,24)(H,23,25). The third kappa shape index (κ3) is 4.39. The molecule has 0 radical (unpaired) electrons. The van der Waals surface area contributed by atoms with E-state index < -0.39 is 12.0 Å². The maximum absolute atomic E-state index is 12.2. The van der Waals surface area contributed by atoms with Gasteiger partial charge in [-0.1, -0.05) is 42.5 Å². The lowest BCUT2D eigenvalue weighted by molar-refractivity contribution is -0.126.